The zero-order chi connectivity index (χ0) is 13.1. The third-order valence-corrected chi connectivity index (χ3v) is 3.08. The number of benzene rings is 1. The molecule has 1 aromatic carbocycles. The number of furan rings is 1. The summed E-state index contributed by atoms with van der Waals surface area (Å²) in [5, 5.41) is 13.8. The average molecular weight is 358 g/mol. The third-order valence-electron chi connectivity index (χ3n) is 2.50. The van der Waals surface area contributed by atoms with Crippen molar-refractivity contribution in [1.29, 1.82) is 0 Å². The monoisotopic (exact) mass is 358 g/mol. The molecule has 0 fully saturated rings. The van der Waals surface area contributed by atoms with Gasteiger partial charge in [-0.15, -0.1) is 0 Å². The largest absolute Gasteiger partial charge is 0.454 e. The summed E-state index contributed by atoms with van der Waals surface area (Å²) < 4.78 is 6.26. The highest BCUT2D eigenvalue weighted by Crippen LogP contribution is 2.22. The third kappa shape index (κ3) is 3.00. The molecule has 1 heterocycles. The standard InChI is InChI=1S/C12H11IN2O3/c1-8-6-9(15(16)17)2-4-11(8)14-7-10-3-5-12(13)18-10/h2-6,14H,7H2,1H3. The van der Waals surface area contributed by atoms with Gasteiger partial charge >= 0.3 is 0 Å². The second-order valence-electron chi connectivity index (χ2n) is 3.82. The number of halogens is 1. The van der Waals surface area contributed by atoms with E-state index in [0.29, 0.717) is 6.54 Å². The van der Waals surface area contributed by atoms with Gasteiger partial charge in [0.05, 0.1) is 11.5 Å². The highest BCUT2D eigenvalue weighted by Gasteiger charge is 2.08. The molecule has 0 saturated carbocycles. The summed E-state index contributed by atoms with van der Waals surface area (Å²) in [4.78, 5) is 10.2. The van der Waals surface area contributed by atoms with Crippen molar-refractivity contribution in [2.24, 2.45) is 0 Å². The molecule has 6 heteroatoms. The highest BCUT2D eigenvalue weighted by atomic mass is 127. The summed E-state index contributed by atoms with van der Waals surface area (Å²) in [5.74, 6) is 0.831. The number of nitrogens with one attached hydrogen (secondary N) is 1. The Hall–Kier alpha value is -1.57. The van der Waals surface area contributed by atoms with Crippen LogP contribution in [0.3, 0.4) is 0 Å². The molecule has 0 radical (unpaired) electrons. The van der Waals surface area contributed by atoms with Crippen LogP contribution in [0.25, 0.3) is 0 Å². The van der Waals surface area contributed by atoms with E-state index in [1.54, 1.807) is 12.1 Å². The molecule has 1 aromatic heterocycles. The summed E-state index contributed by atoms with van der Waals surface area (Å²) in [7, 11) is 0. The van der Waals surface area contributed by atoms with Crippen LogP contribution in [-0.2, 0) is 6.54 Å². The summed E-state index contributed by atoms with van der Waals surface area (Å²) >= 11 is 2.10. The van der Waals surface area contributed by atoms with Gasteiger partial charge in [0.15, 0.2) is 3.77 Å². The lowest BCUT2D eigenvalue weighted by atomic mass is 10.2. The van der Waals surface area contributed by atoms with Gasteiger partial charge in [0, 0.05) is 17.8 Å². The molecule has 94 valence electrons. The smallest absolute Gasteiger partial charge is 0.269 e. The first-order chi connectivity index (χ1) is 8.56. The molecule has 0 aliphatic heterocycles. The number of aryl methyl sites for hydroxylation is 1. The lowest BCUT2D eigenvalue weighted by Gasteiger charge is -2.07. The Bertz CT molecular complexity index is 580. The van der Waals surface area contributed by atoms with E-state index >= 15 is 0 Å². The van der Waals surface area contributed by atoms with E-state index in [0.717, 1.165) is 20.8 Å². The van der Waals surface area contributed by atoms with E-state index in [1.165, 1.54) is 6.07 Å². The fraction of sp³-hybridized carbons (Fsp3) is 0.167. The predicted octanol–water partition coefficient (Wildman–Crippen LogP) is 3.71. The Morgan fingerprint density at radius 3 is 2.72 bits per heavy atom. The van der Waals surface area contributed by atoms with Gasteiger partial charge in [0.1, 0.15) is 5.76 Å². The highest BCUT2D eigenvalue weighted by molar-refractivity contribution is 14.1. The van der Waals surface area contributed by atoms with E-state index < -0.39 is 4.92 Å². The number of non-ortho nitro benzene ring substituents is 1. The van der Waals surface area contributed by atoms with Crippen LogP contribution in [0, 0.1) is 20.8 Å². The van der Waals surface area contributed by atoms with Gasteiger partial charge < -0.3 is 9.73 Å². The van der Waals surface area contributed by atoms with Crippen molar-refractivity contribution in [3.8, 4) is 0 Å². The summed E-state index contributed by atoms with van der Waals surface area (Å²) in [6.45, 7) is 2.39. The molecule has 18 heavy (non-hydrogen) atoms. The van der Waals surface area contributed by atoms with Crippen LogP contribution >= 0.6 is 22.6 Å². The molecular formula is C12H11IN2O3. The van der Waals surface area contributed by atoms with E-state index in [9.17, 15) is 10.1 Å². The van der Waals surface area contributed by atoms with E-state index in [-0.39, 0.29) is 5.69 Å². The van der Waals surface area contributed by atoms with Crippen molar-refractivity contribution in [2.45, 2.75) is 13.5 Å². The normalized spacial score (nSPS) is 10.3. The Morgan fingerprint density at radius 2 is 2.17 bits per heavy atom. The van der Waals surface area contributed by atoms with E-state index in [4.69, 9.17) is 4.42 Å². The number of hydrogen-bond acceptors (Lipinski definition) is 4. The minimum atomic E-state index is -0.397. The van der Waals surface area contributed by atoms with Crippen molar-refractivity contribution in [3.63, 3.8) is 0 Å². The van der Waals surface area contributed by atoms with Gasteiger partial charge in [-0.25, -0.2) is 0 Å². The minimum Gasteiger partial charge on any atom is -0.454 e. The van der Waals surface area contributed by atoms with Gasteiger partial charge in [-0.3, -0.25) is 10.1 Å². The van der Waals surface area contributed by atoms with Gasteiger partial charge in [-0.1, -0.05) is 0 Å². The predicted molar refractivity (Wildman–Crippen MR) is 76.6 cm³/mol. The lowest BCUT2D eigenvalue weighted by Crippen LogP contribution is -2.00. The van der Waals surface area contributed by atoms with Crippen LogP contribution in [0.2, 0.25) is 0 Å². The second kappa shape index (κ2) is 5.38. The molecule has 0 aliphatic carbocycles. The molecule has 1 N–H and O–H groups in total. The quantitative estimate of drug-likeness (QED) is 0.514. The first-order valence-electron chi connectivity index (χ1n) is 5.29. The maximum atomic E-state index is 10.6. The topological polar surface area (TPSA) is 68.3 Å². The molecule has 0 spiro atoms. The van der Waals surface area contributed by atoms with Gasteiger partial charge in [0.2, 0.25) is 0 Å². The van der Waals surface area contributed by atoms with Crippen LogP contribution in [0.5, 0.6) is 0 Å². The number of rotatable bonds is 4. The maximum Gasteiger partial charge on any atom is 0.269 e. The number of nitrogens with zero attached hydrogens (tertiary/aromatic N) is 1. The van der Waals surface area contributed by atoms with Crippen molar-refractivity contribution in [3.05, 3.63) is 55.5 Å². The van der Waals surface area contributed by atoms with Crippen molar-refractivity contribution < 1.29 is 9.34 Å². The molecule has 5 nitrogen and oxygen atoms in total. The fourth-order valence-corrected chi connectivity index (χ4v) is 2.05. The molecule has 0 aliphatic rings. The zero-order valence-electron chi connectivity index (χ0n) is 9.64. The molecule has 0 atom stereocenters. The van der Waals surface area contributed by atoms with Gasteiger partial charge in [-0.2, -0.15) is 0 Å². The van der Waals surface area contributed by atoms with Crippen LogP contribution in [0.4, 0.5) is 11.4 Å². The van der Waals surface area contributed by atoms with Crippen LogP contribution in [-0.4, -0.2) is 4.92 Å². The summed E-state index contributed by atoms with van der Waals surface area (Å²) in [6, 6.07) is 8.53. The SMILES string of the molecule is Cc1cc([N+](=O)[O-])ccc1NCc1ccc(I)o1. The van der Waals surface area contributed by atoms with E-state index in [2.05, 4.69) is 27.9 Å². The Labute approximate surface area is 117 Å². The summed E-state index contributed by atoms with van der Waals surface area (Å²) in [5.41, 5.74) is 1.81. The lowest BCUT2D eigenvalue weighted by molar-refractivity contribution is -0.384. The van der Waals surface area contributed by atoms with Gasteiger partial charge in [0.25, 0.3) is 5.69 Å². The number of nitro groups is 1. The molecule has 2 rings (SSSR count). The first kappa shape index (κ1) is 12.9. The van der Waals surface area contributed by atoms with Crippen LogP contribution < -0.4 is 5.32 Å². The van der Waals surface area contributed by atoms with Crippen molar-refractivity contribution in [1.82, 2.24) is 0 Å². The number of nitro benzene ring substituents is 1. The molecule has 0 bridgehead atoms. The molecule has 0 amide bonds. The number of anilines is 1. The molecule has 2 aromatic rings. The Kier molecular flexibility index (Phi) is 3.85. The van der Waals surface area contributed by atoms with Crippen LogP contribution in [0.1, 0.15) is 11.3 Å². The fourth-order valence-electron chi connectivity index (χ4n) is 1.59. The maximum absolute atomic E-state index is 10.6. The molecule has 0 unspecified atom stereocenters. The minimum absolute atomic E-state index is 0.102. The second-order valence-corrected chi connectivity index (χ2v) is 4.88. The number of hydrogen-bond donors (Lipinski definition) is 1. The Morgan fingerprint density at radius 1 is 1.39 bits per heavy atom. The van der Waals surface area contributed by atoms with Crippen LogP contribution in [0.15, 0.2) is 34.7 Å². The Balaban J connectivity index is 2.08. The van der Waals surface area contributed by atoms with Gasteiger partial charge in [-0.05, 0) is 53.3 Å². The molecular weight excluding hydrogens is 347 g/mol. The summed E-state index contributed by atoms with van der Waals surface area (Å²) in [6.07, 6.45) is 0. The molecule has 0 saturated heterocycles. The van der Waals surface area contributed by atoms with E-state index in [1.807, 2.05) is 19.1 Å². The first-order valence-corrected chi connectivity index (χ1v) is 6.37. The van der Waals surface area contributed by atoms with Crippen molar-refractivity contribution in [2.75, 3.05) is 5.32 Å². The van der Waals surface area contributed by atoms with Crippen molar-refractivity contribution >= 4 is 34.0 Å². The zero-order valence-corrected chi connectivity index (χ0v) is 11.8. The average Bonchev–Trinajstić information content (AvgIpc) is 2.73.